The van der Waals surface area contributed by atoms with E-state index in [1.807, 2.05) is 43.3 Å². The van der Waals surface area contributed by atoms with Crippen LogP contribution in [0.15, 0.2) is 60.7 Å². The number of ether oxygens (including phenoxy) is 2. The molecule has 7 heteroatoms. The number of carbonyl (C=O) groups excluding carboxylic acids is 2. The van der Waals surface area contributed by atoms with Crippen molar-refractivity contribution in [3.05, 3.63) is 87.9 Å². The van der Waals surface area contributed by atoms with Crippen molar-refractivity contribution in [1.29, 1.82) is 0 Å². The molecule has 33 heavy (non-hydrogen) atoms. The largest absolute Gasteiger partial charge is 0.493 e. The van der Waals surface area contributed by atoms with Crippen LogP contribution in [0.4, 0.5) is 5.69 Å². The number of hydrogen-bond donors (Lipinski definition) is 1. The summed E-state index contributed by atoms with van der Waals surface area (Å²) in [6, 6.07) is 17.9. The number of nitrogens with one attached hydrogen (secondary N) is 1. The molecule has 170 valence electrons. The SMILES string of the molecule is COc1ccc([C@H](CC(=O)Nc2cccc(Cl)c2C)N2Cc3ccccc3C2=O)cc1OC. The van der Waals surface area contributed by atoms with Gasteiger partial charge in [0.15, 0.2) is 11.5 Å². The van der Waals surface area contributed by atoms with E-state index in [0.29, 0.717) is 34.3 Å². The number of anilines is 1. The summed E-state index contributed by atoms with van der Waals surface area (Å²) in [5.41, 5.74) is 3.83. The molecule has 1 atom stereocenters. The average Bonchev–Trinajstić information content (AvgIpc) is 3.16. The molecule has 0 aromatic heterocycles. The number of hydrogen-bond acceptors (Lipinski definition) is 4. The summed E-state index contributed by atoms with van der Waals surface area (Å²) < 4.78 is 10.8. The topological polar surface area (TPSA) is 67.9 Å². The van der Waals surface area contributed by atoms with Gasteiger partial charge in [-0.25, -0.2) is 0 Å². The summed E-state index contributed by atoms with van der Waals surface area (Å²) in [5, 5.41) is 3.52. The van der Waals surface area contributed by atoms with Crippen LogP contribution in [-0.2, 0) is 11.3 Å². The molecule has 0 bridgehead atoms. The Kier molecular flexibility index (Phi) is 6.56. The van der Waals surface area contributed by atoms with Gasteiger partial charge >= 0.3 is 0 Å². The third kappa shape index (κ3) is 4.52. The number of amides is 2. The molecule has 3 aromatic rings. The highest BCUT2D eigenvalue weighted by Crippen LogP contribution is 2.37. The van der Waals surface area contributed by atoms with Crippen LogP contribution in [0.25, 0.3) is 0 Å². The number of benzene rings is 3. The average molecular weight is 465 g/mol. The third-order valence-electron chi connectivity index (χ3n) is 5.94. The second kappa shape index (κ2) is 9.55. The molecule has 4 rings (SSSR count). The fourth-order valence-corrected chi connectivity index (χ4v) is 4.29. The van der Waals surface area contributed by atoms with Crippen molar-refractivity contribution in [2.45, 2.75) is 25.9 Å². The molecule has 0 saturated heterocycles. The van der Waals surface area contributed by atoms with Crippen LogP contribution >= 0.6 is 11.6 Å². The number of rotatable bonds is 7. The van der Waals surface area contributed by atoms with E-state index in [1.165, 1.54) is 0 Å². The van der Waals surface area contributed by atoms with Gasteiger partial charge in [-0.2, -0.15) is 0 Å². The normalized spacial score (nSPS) is 13.5. The summed E-state index contributed by atoms with van der Waals surface area (Å²) >= 11 is 6.21. The van der Waals surface area contributed by atoms with E-state index in [1.54, 1.807) is 43.4 Å². The first-order chi connectivity index (χ1) is 15.9. The molecular weight excluding hydrogens is 440 g/mol. The van der Waals surface area contributed by atoms with Crippen LogP contribution in [0.2, 0.25) is 5.02 Å². The highest BCUT2D eigenvalue weighted by atomic mass is 35.5. The second-order valence-corrected chi connectivity index (χ2v) is 8.29. The quantitative estimate of drug-likeness (QED) is 0.509. The van der Waals surface area contributed by atoms with Crippen LogP contribution in [0.5, 0.6) is 11.5 Å². The van der Waals surface area contributed by atoms with Gasteiger partial charge < -0.3 is 19.7 Å². The maximum absolute atomic E-state index is 13.2. The molecule has 1 heterocycles. The Hall–Kier alpha value is -3.51. The van der Waals surface area contributed by atoms with Crippen molar-refractivity contribution in [3.63, 3.8) is 0 Å². The summed E-state index contributed by atoms with van der Waals surface area (Å²) in [4.78, 5) is 28.1. The van der Waals surface area contributed by atoms with E-state index >= 15 is 0 Å². The highest BCUT2D eigenvalue weighted by molar-refractivity contribution is 6.31. The molecule has 0 spiro atoms. The number of nitrogens with zero attached hydrogens (tertiary/aromatic N) is 1. The van der Waals surface area contributed by atoms with Gasteiger partial charge in [0.2, 0.25) is 5.91 Å². The molecule has 2 amide bonds. The summed E-state index contributed by atoms with van der Waals surface area (Å²) in [7, 11) is 3.12. The van der Waals surface area contributed by atoms with Gasteiger partial charge in [-0.1, -0.05) is 41.9 Å². The molecule has 1 aliphatic rings. The van der Waals surface area contributed by atoms with Crippen molar-refractivity contribution in [3.8, 4) is 11.5 Å². The summed E-state index contributed by atoms with van der Waals surface area (Å²) in [6.07, 6.45) is 0.0706. The Labute approximate surface area is 198 Å². The van der Waals surface area contributed by atoms with E-state index in [4.69, 9.17) is 21.1 Å². The Morgan fingerprint density at radius 2 is 1.82 bits per heavy atom. The van der Waals surface area contributed by atoms with Gasteiger partial charge in [-0.3, -0.25) is 9.59 Å². The van der Waals surface area contributed by atoms with E-state index < -0.39 is 6.04 Å². The Morgan fingerprint density at radius 1 is 1.06 bits per heavy atom. The zero-order valence-electron chi connectivity index (χ0n) is 18.7. The van der Waals surface area contributed by atoms with Crippen LogP contribution < -0.4 is 14.8 Å². The summed E-state index contributed by atoms with van der Waals surface area (Å²) in [6.45, 7) is 2.28. The molecule has 0 fully saturated rings. The fourth-order valence-electron chi connectivity index (χ4n) is 4.12. The first kappa shape index (κ1) is 22.7. The molecule has 1 N–H and O–H groups in total. The van der Waals surface area contributed by atoms with E-state index in [0.717, 1.165) is 16.7 Å². The monoisotopic (exact) mass is 464 g/mol. The molecular formula is C26H25ClN2O4. The minimum atomic E-state index is -0.496. The van der Waals surface area contributed by atoms with Gasteiger partial charge in [-0.15, -0.1) is 0 Å². The van der Waals surface area contributed by atoms with Gasteiger partial charge in [0.1, 0.15) is 0 Å². The molecule has 0 unspecified atom stereocenters. The maximum atomic E-state index is 13.2. The van der Waals surface area contributed by atoms with Gasteiger partial charge in [0.05, 0.1) is 26.7 Å². The Morgan fingerprint density at radius 3 is 2.55 bits per heavy atom. The lowest BCUT2D eigenvalue weighted by Crippen LogP contribution is -2.32. The molecule has 0 saturated carbocycles. The predicted molar refractivity (Wildman–Crippen MR) is 128 cm³/mol. The molecule has 3 aromatic carbocycles. The minimum Gasteiger partial charge on any atom is -0.493 e. The minimum absolute atomic E-state index is 0.0706. The molecule has 0 aliphatic carbocycles. The molecule has 0 radical (unpaired) electrons. The second-order valence-electron chi connectivity index (χ2n) is 7.89. The zero-order valence-corrected chi connectivity index (χ0v) is 19.5. The predicted octanol–water partition coefficient (Wildman–Crippen LogP) is 5.39. The maximum Gasteiger partial charge on any atom is 0.255 e. The highest BCUT2D eigenvalue weighted by Gasteiger charge is 2.35. The lowest BCUT2D eigenvalue weighted by atomic mass is 10.0. The smallest absolute Gasteiger partial charge is 0.255 e. The van der Waals surface area contributed by atoms with Crippen LogP contribution in [0.1, 0.15) is 39.5 Å². The van der Waals surface area contributed by atoms with Gasteiger partial charge in [-0.05, 0) is 53.9 Å². The van der Waals surface area contributed by atoms with Crippen molar-refractivity contribution in [2.24, 2.45) is 0 Å². The van der Waals surface area contributed by atoms with Crippen LogP contribution in [0.3, 0.4) is 0 Å². The van der Waals surface area contributed by atoms with Gasteiger partial charge in [0, 0.05) is 22.8 Å². The van der Waals surface area contributed by atoms with Gasteiger partial charge in [0.25, 0.3) is 5.91 Å². The third-order valence-corrected chi connectivity index (χ3v) is 6.35. The van der Waals surface area contributed by atoms with Crippen LogP contribution in [-0.4, -0.2) is 30.9 Å². The number of methoxy groups -OCH3 is 2. The Bertz CT molecular complexity index is 1210. The number of halogens is 1. The zero-order chi connectivity index (χ0) is 23.5. The van der Waals surface area contributed by atoms with Crippen molar-refractivity contribution in [2.75, 3.05) is 19.5 Å². The summed E-state index contributed by atoms with van der Waals surface area (Å²) in [5.74, 6) is 0.798. The van der Waals surface area contributed by atoms with Crippen molar-refractivity contribution < 1.29 is 19.1 Å². The molecule has 1 aliphatic heterocycles. The fraction of sp³-hybridized carbons (Fsp3) is 0.231. The first-order valence-electron chi connectivity index (χ1n) is 10.6. The number of fused-ring (bicyclic) bond motifs is 1. The van der Waals surface area contributed by atoms with Crippen molar-refractivity contribution in [1.82, 2.24) is 4.90 Å². The lowest BCUT2D eigenvalue weighted by Gasteiger charge is -2.28. The van der Waals surface area contributed by atoms with E-state index in [2.05, 4.69) is 5.32 Å². The standard InChI is InChI=1S/C26H25ClN2O4/c1-16-20(27)9-6-10-21(16)28-25(30)14-22(17-11-12-23(32-2)24(13-17)33-3)29-15-18-7-4-5-8-19(18)26(29)31/h4-13,22H,14-15H2,1-3H3,(H,28,30)/t22-/m0/s1. The number of carbonyl (C=O) groups is 2. The van der Waals surface area contributed by atoms with Crippen LogP contribution in [0, 0.1) is 6.92 Å². The van der Waals surface area contributed by atoms with E-state index in [9.17, 15) is 9.59 Å². The van der Waals surface area contributed by atoms with E-state index in [-0.39, 0.29) is 18.2 Å². The lowest BCUT2D eigenvalue weighted by molar-refractivity contribution is -0.117. The Balaban J connectivity index is 1.67. The first-order valence-corrected chi connectivity index (χ1v) is 11.0. The van der Waals surface area contributed by atoms with Crippen molar-refractivity contribution >= 4 is 29.1 Å². The molecule has 6 nitrogen and oxygen atoms in total.